The smallest absolute Gasteiger partial charge is 0.313 e. The van der Waals surface area contributed by atoms with Crippen LogP contribution in [-0.2, 0) is 9.59 Å². The molecule has 0 saturated carbocycles. The number of amides is 2. The topological polar surface area (TPSA) is 69.6 Å². The van der Waals surface area contributed by atoms with Crippen molar-refractivity contribution in [3.8, 4) is 0 Å². The Morgan fingerprint density at radius 1 is 1.36 bits per heavy atom. The number of likely N-dealkylation sites (tertiary alicyclic amines) is 1. The van der Waals surface area contributed by atoms with Crippen LogP contribution in [0.15, 0.2) is 12.1 Å². The van der Waals surface area contributed by atoms with Crippen molar-refractivity contribution in [1.82, 2.24) is 4.90 Å². The van der Waals surface area contributed by atoms with Crippen LogP contribution < -0.4 is 5.32 Å². The van der Waals surface area contributed by atoms with Crippen molar-refractivity contribution >= 4 is 29.1 Å². The number of piperidine rings is 1. The highest BCUT2D eigenvalue weighted by Gasteiger charge is 2.28. The van der Waals surface area contributed by atoms with Gasteiger partial charge in [0.1, 0.15) is 0 Å². The van der Waals surface area contributed by atoms with E-state index in [1.807, 2.05) is 0 Å². The van der Waals surface area contributed by atoms with Gasteiger partial charge in [0.15, 0.2) is 11.6 Å². The molecule has 2 N–H and O–H groups in total. The van der Waals surface area contributed by atoms with Gasteiger partial charge >= 0.3 is 11.8 Å². The molecule has 0 radical (unpaired) electrons. The number of hydrogen-bond acceptors (Lipinski definition) is 3. The molecule has 0 aromatic heterocycles. The minimum atomic E-state index is -1.18. The molecule has 1 unspecified atom stereocenters. The highest BCUT2D eigenvalue weighted by atomic mass is 35.5. The molecular weight excluding hydrogens is 318 g/mol. The first kappa shape index (κ1) is 16.6. The molecule has 1 atom stereocenters. The molecule has 0 spiro atoms. The van der Waals surface area contributed by atoms with Gasteiger partial charge in [0.2, 0.25) is 0 Å². The Bertz CT molecular complexity index is 598. The van der Waals surface area contributed by atoms with Gasteiger partial charge in [-0.3, -0.25) is 9.59 Å². The SMILES string of the molecule is O=C(Nc1cc(F)c(F)cc1Cl)C(=O)N1CCCC(CO)C1. The Labute approximate surface area is 130 Å². The maximum Gasteiger partial charge on any atom is 0.313 e. The van der Waals surface area contributed by atoms with Crippen LogP contribution in [0.1, 0.15) is 12.8 Å². The van der Waals surface area contributed by atoms with Gasteiger partial charge in [-0.15, -0.1) is 0 Å². The Hall–Kier alpha value is -1.73. The molecule has 22 heavy (non-hydrogen) atoms. The molecule has 1 aliphatic heterocycles. The average Bonchev–Trinajstić information content (AvgIpc) is 2.51. The van der Waals surface area contributed by atoms with Crippen LogP contribution in [0.25, 0.3) is 0 Å². The van der Waals surface area contributed by atoms with Crippen molar-refractivity contribution in [1.29, 1.82) is 0 Å². The lowest BCUT2D eigenvalue weighted by atomic mass is 9.99. The minimum Gasteiger partial charge on any atom is -0.396 e. The van der Waals surface area contributed by atoms with Gasteiger partial charge in [0, 0.05) is 25.8 Å². The molecule has 1 heterocycles. The monoisotopic (exact) mass is 332 g/mol. The summed E-state index contributed by atoms with van der Waals surface area (Å²) in [5.74, 6) is -4.15. The summed E-state index contributed by atoms with van der Waals surface area (Å²) < 4.78 is 26.1. The van der Waals surface area contributed by atoms with E-state index in [0.717, 1.165) is 18.6 Å². The van der Waals surface area contributed by atoms with Gasteiger partial charge < -0.3 is 15.3 Å². The number of nitrogens with one attached hydrogen (secondary N) is 1. The summed E-state index contributed by atoms with van der Waals surface area (Å²) in [6.45, 7) is 0.642. The van der Waals surface area contributed by atoms with Crippen molar-refractivity contribution < 1.29 is 23.5 Å². The number of aliphatic hydroxyl groups excluding tert-OH is 1. The molecule has 2 rings (SSSR count). The van der Waals surface area contributed by atoms with E-state index >= 15 is 0 Å². The number of halogens is 3. The van der Waals surface area contributed by atoms with E-state index in [1.165, 1.54) is 4.90 Å². The number of hydrogen-bond donors (Lipinski definition) is 2. The Balaban J connectivity index is 2.05. The zero-order valence-electron chi connectivity index (χ0n) is 11.6. The van der Waals surface area contributed by atoms with Crippen LogP contribution in [0.5, 0.6) is 0 Å². The van der Waals surface area contributed by atoms with Crippen LogP contribution >= 0.6 is 11.6 Å². The lowest BCUT2D eigenvalue weighted by molar-refractivity contribution is -0.144. The number of benzene rings is 1. The fraction of sp³-hybridized carbons (Fsp3) is 0.429. The minimum absolute atomic E-state index is 0.0552. The molecule has 1 aliphatic rings. The second-order valence-corrected chi connectivity index (χ2v) is 5.55. The third kappa shape index (κ3) is 3.72. The number of nitrogens with zero attached hydrogens (tertiary/aromatic N) is 1. The van der Waals surface area contributed by atoms with Crippen LogP contribution in [0.2, 0.25) is 5.02 Å². The molecule has 1 aromatic carbocycles. The van der Waals surface area contributed by atoms with Crippen LogP contribution in [0.3, 0.4) is 0 Å². The number of carbonyl (C=O) groups excluding carboxylic acids is 2. The van der Waals surface area contributed by atoms with E-state index in [2.05, 4.69) is 5.32 Å². The molecule has 120 valence electrons. The Kier molecular flexibility index (Phi) is 5.31. The zero-order valence-corrected chi connectivity index (χ0v) is 12.4. The number of anilines is 1. The van der Waals surface area contributed by atoms with Crippen molar-refractivity contribution in [2.75, 3.05) is 25.0 Å². The van der Waals surface area contributed by atoms with Gasteiger partial charge in [-0.2, -0.15) is 0 Å². The summed E-state index contributed by atoms with van der Waals surface area (Å²) in [6.07, 6.45) is 1.48. The summed E-state index contributed by atoms with van der Waals surface area (Å²) >= 11 is 5.70. The first-order valence-corrected chi connectivity index (χ1v) is 7.15. The highest BCUT2D eigenvalue weighted by molar-refractivity contribution is 6.41. The zero-order chi connectivity index (χ0) is 16.3. The normalized spacial score (nSPS) is 18.2. The van der Waals surface area contributed by atoms with E-state index < -0.39 is 23.4 Å². The Morgan fingerprint density at radius 3 is 2.73 bits per heavy atom. The second-order valence-electron chi connectivity index (χ2n) is 5.14. The van der Waals surface area contributed by atoms with E-state index in [1.54, 1.807) is 0 Å². The maximum absolute atomic E-state index is 13.2. The predicted octanol–water partition coefficient (Wildman–Crippen LogP) is 1.79. The molecule has 1 fully saturated rings. The molecular formula is C14H15ClF2N2O3. The highest BCUT2D eigenvalue weighted by Crippen LogP contribution is 2.25. The average molecular weight is 333 g/mol. The molecule has 5 nitrogen and oxygen atoms in total. The molecule has 1 aromatic rings. The summed E-state index contributed by atoms with van der Waals surface area (Å²) in [5, 5.41) is 11.1. The van der Waals surface area contributed by atoms with Crippen molar-refractivity contribution in [3.63, 3.8) is 0 Å². The Morgan fingerprint density at radius 2 is 2.05 bits per heavy atom. The fourth-order valence-corrected chi connectivity index (χ4v) is 2.53. The molecule has 0 aliphatic carbocycles. The van der Waals surface area contributed by atoms with E-state index in [9.17, 15) is 18.4 Å². The third-order valence-corrected chi connectivity index (χ3v) is 3.83. The molecule has 0 bridgehead atoms. The summed E-state index contributed by atoms with van der Waals surface area (Å²) in [4.78, 5) is 25.3. The van der Waals surface area contributed by atoms with Crippen LogP contribution in [0, 0.1) is 17.6 Å². The number of aliphatic hydroxyl groups is 1. The largest absolute Gasteiger partial charge is 0.396 e. The first-order chi connectivity index (χ1) is 10.4. The van der Waals surface area contributed by atoms with Crippen LogP contribution in [-0.4, -0.2) is 41.5 Å². The standard InChI is InChI=1S/C14H15ClF2N2O3/c15-9-4-10(16)11(17)5-12(9)18-13(21)14(22)19-3-1-2-8(6-19)7-20/h4-5,8,20H,1-3,6-7H2,(H,18,21). The lowest BCUT2D eigenvalue weighted by Crippen LogP contribution is -2.45. The van der Waals surface area contributed by atoms with Crippen molar-refractivity contribution in [2.45, 2.75) is 12.8 Å². The number of carbonyl (C=O) groups is 2. The summed E-state index contributed by atoms with van der Waals surface area (Å²) in [5.41, 5.74) is -0.172. The second kappa shape index (κ2) is 7.02. The third-order valence-electron chi connectivity index (χ3n) is 3.52. The van der Waals surface area contributed by atoms with Gasteiger partial charge in [-0.25, -0.2) is 8.78 Å². The van der Waals surface area contributed by atoms with E-state index in [0.29, 0.717) is 13.0 Å². The molecule has 2 amide bonds. The van der Waals surface area contributed by atoms with E-state index in [4.69, 9.17) is 16.7 Å². The molecule has 1 saturated heterocycles. The maximum atomic E-state index is 13.2. The van der Waals surface area contributed by atoms with E-state index in [-0.39, 0.29) is 29.8 Å². The summed E-state index contributed by atoms with van der Waals surface area (Å²) in [7, 11) is 0. The predicted molar refractivity (Wildman–Crippen MR) is 76.4 cm³/mol. The number of rotatable bonds is 2. The van der Waals surface area contributed by atoms with Gasteiger partial charge in [-0.1, -0.05) is 11.6 Å². The van der Waals surface area contributed by atoms with Crippen LogP contribution in [0.4, 0.5) is 14.5 Å². The van der Waals surface area contributed by atoms with Gasteiger partial charge in [0.25, 0.3) is 0 Å². The lowest BCUT2D eigenvalue weighted by Gasteiger charge is -2.31. The fourth-order valence-electron chi connectivity index (χ4n) is 2.34. The first-order valence-electron chi connectivity index (χ1n) is 6.78. The van der Waals surface area contributed by atoms with Crippen molar-refractivity contribution in [3.05, 3.63) is 28.8 Å². The van der Waals surface area contributed by atoms with Gasteiger partial charge in [0.05, 0.1) is 10.7 Å². The van der Waals surface area contributed by atoms with Crippen molar-refractivity contribution in [2.24, 2.45) is 5.92 Å². The quantitative estimate of drug-likeness (QED) is 0.641. The molecule has 8 heteroatoms. The van der Waals surface area contributed by atoms with Gasteiger partial charge in [-0.05, 0) is 24.8 Å². The summed E-state index contributed by atoms with van der Waals surface area (Å²) in [6, 6.07) is 1.44.